The van der Waals surface area contributed by atoms with Crippen molar-refractivity contribution in [3.63, 3.8) is 0 Å². The van der Waals surface area contributed by atoms with Crippen LogP contribution in [0.4, 0.5) is 11.4 Å². The summed E-state index contributed by atoms with van der Waals surface area (Å²) in [7, 11) is 3.17. The SMILES string of the molecule is COc1cc(N)c(NCc2ccnc(C)n2)cc1OC. The first kappa shape index (κ1) is 13.9. The van der Waals surface area contributed by atoms with Gasteiger partial charge in [0.25, 0.3) is 0 Å². The van der Waals surface area contributed by atoms with E-state index in [4.69, 9.17) is 15.2 Å². The van der Waals surface area contributed by atoms with E-state index in [-0.39, 0.29) is 0 Å². The molecule has 0 saturated carbocycles. The van der Waals surface area contributed by atoms with Gasteiger partial charge in [0.1, 0.15) is 5.82 Å². The van der Waals surface area contributed by atoms with E-state index >= 15 is 0 Å². The van der Waals surface area contributed by atoms with Crippen molar-refractivity contribution in [2.45, 2.75) is 13.5 Å². The van der Waals surface area contributed by atoms with Crippen LogP contribution < -0.4 is 20.5 Å². The Balaban J connectivity index is 2.17. The first-order valence-corrected chi connectivity index (χ1v) is 6.18. The van der Waals surface area contributed by atoms with E-state index in [2.05, 4.69) is 15.3 Å². The summed E-state index contributed by atoms with van der Waals surface area (Å²) in [5.74, 6) is 1.97. The number of nitrogens with zero attached hydrogens (tertiary/aromatic N) is 2. The summed E-state index contributed by atoms with van der Waals surface area (Å²) in [6.45, 7) is 2.41. The van der Waals surface area contributed by atoms with Crippen molar-refractivity contribution in [2.75, 3.05) is 25.3 Å². The molecule has 6 nitrogen and oxygen atoms in total. The van der Waals surface area contributed by atoms with Gasteiger partial charge in [-0.25, -0.2) is 9.97 Å². The normalized spacial score (nSPS) is 10.2. The van der Waals surface area contributed by atoms with Gasteiger partial charge in [0.05, 0.1) is 37.8 Å². The lowest BCUT2D eigenvalue weighted by Crippen LogP contribution is -2.06. The molecule has 0 amide bonds. The Bertz CT molecular complexity index is 602. The molecular weight excluding hydrogens is 256 g/mol. The highest BCUT2D eigenvalue weighted by Gasteiger charge is 2.09. The molecule has 106 valence electrons. The number of methoxy groups -OCH3 is 2. The average molecular weight is 274 g/mol. The molecule has 0 aliphatic heterocycles. The molecule has 0 radical (unpaired) electrons. The van der Waals surface area contributed by atoms with Crippen molar-refractivity contribution in [1.82, 2.24) is 9.97 Å². The minimum absolute atomic E-state index is 0.559. The summed E-state index contributed by atoms with van der Waals surface area (Å²) < 4.78 is 10.5. The van der Waals surface area contributed by atoms with Crippen LogP contribution in [-0.2, 0) is 6.54 Å². The summed E-state index contributed by atoms with van der Waals surface area (Å²) in [6, 6.07) is 5.39. The minimum Gasteiger partial charge on any atom is -0.493 e. The molecule has 2 rings (SSSR count). The first-order valence-electron chi connectivity index (χ1n) is 6.18. The van der Waals surface area contributed by atoms with Gasteiger partial charge in [0.2, 0.25) is 0 Å². The van der Waals surface area contributed by atoms with Crippen molar-refractivity contribution < 1.29 is 9.47 Å². The number of rotatable bonds is 5. The van der Waals surface area contributed by atoms with Gasteiger partial charge in [0, 0.05) is 18.3 Å². The lowest BCUT2D eigenvalue weighted by molar-refractivity contribution is 0.355. The second kappa shape index (κ2) is 6.10. The van der Waals surface area contributed by atoms with Gasteiger partial charge in [0.15, 0.2) is 11.5 Å². The van der Waals surface area contributed by atoms with Crippen molar-refractivity contribution in [2.24, 2.45) is 0 Å². The number of nitrogen functional groups attached to an aromatic ring is 1. The number of hydrogen-bond acceptors (Lipinski definition) is 6. The second-order valence-electron chi connectivity index (χ2n) is 4.24. The number of aromatic nitrogens is 2. The molecule has 3 N–H and O–H groups in total. The maximum atomic E-state index is 5.98. The molecule has 0 fully saturated rings. The number of hydrogen-bond donors (Lipinski definition) is 2. The molecule has 1 aromatic heterocycles. The Hall–Kier alpha value is -2.50. The lowest BCUT2D eigenvalue weighted by atomic mass is 10.2. The van der Waals surface area contributed by atoms with Gasteiger partial charge in [-0.05, 0) is 13.0 Å². The zero-order valence-corrected chi connectivity index (χ0v) is 11.8. The average Bonchev–Trinajstić information content (AvgIpc) is 2.45. The largest absolute Gasteiger partial charge is 0.493 e. The minimum atomic E-state index is 0.559. The topological polar surface area (TPSA) is 82.3 Å². The second-order valence-corrected chi connectivity index (χ2v) is 4.24. The maximum Gasteiger partial charge on any atom is 0.162 e. The van der Waals surface area contributed by atoms with Crippen LogP contribution in [0.1, 0.15) is 11.5 Å². The Morgan fingerprint density at radius 3 is 2.55 bits per heavy atom. The van der Waals surface area contributed by atoms with E-state index < -0.39 is 0 Å². The molecular formula is C14H18N4O2. The van der Waals surface area contributed by atoms with Gasteiger partial charge in [-0.15, -0.1) is 0 Å². The zero-order valence-electron chi connectivity index (χ0n) is 11.8. The molecule has 0 atom stereocenters. The maximum absolute atomic E-state index is 5.98. The summed E-state index contributed by atoms with van der Waals surface area (Å²) >= 11 is 0. The number of benzene rings is 1. The van der Waals surface area contributed by atoms with Gasteiger partial charge < -0.3 is 20.5 Å². The Kier molecular flexibility index (Phi) is 4.24. The molecule has 20 heavy (non-hydrogen) atoms. The molecule has 0 aliphatic rings. The van der Waals surface area contributed by atoms with E-state index in [1.165, 1.54) is 0 Å². The quantitative estimate of drug-likeness (QED) is 0.811. The molecule has 0 saturated heterocycles. The van der Waals surface area contributed by atoms with Crippen LogP contribution >= 0.6 is 0 Å². The Labute approximate surface area is 118 Å². The van der Waals surface area contributed by atoms with Crippen LogP contribution in [0.5, 0.6) is 11.5 Å². The Morgan fingerprint density at radius 2 is 1.90 bits per heavy atom. The van der Waals surface area contributed by atoms with Crippen LogP contribution in [0.15, 0.2) is 24.4 Å². The van der Waals surface area contributed by atoms with Crippen molar-refractivity contribution >= 4 is 11.4 Å². The van der Waals surface area contributed by atoms with Crippen LogP contribution in [0.25, 0.3) is 0 Å². The van der Waals surface area contributed by atoms with Gasteiger partial charge in [-0.1, -0.05) is 0 Å². The van der Waals surface area contributed by atoms with E-state index in [0.717, 1.165) is 17.2 Å². The zero-order chi connectivity index (χ0) is 14.5. The van der Waals surface area contributed by atoms with Gasteiger partial charge in [-0.3, -0.25) is 0 Å². The van der Waals surface area contributed by atoms with Gasteiger partial charge in [-0.2, -0.15) is 0 Å². The fourth-order valence-corrected chi connectivity index (χ4v) is 1.84. The molecule has 0 aliphatic carbocycles. The van der Waals surface area contributed by atoms with E-state index in [1.807, 2.05) is 19.1 Å². The Morgan fingerprint density at radius 1 is 1.20 bits per heavy atom. The highest BCUT2D eigenvalue weighted by atomic mass is 16.5. The van der Waals surface area contributed by atoms with Crippen LogP contribution in [-0.4, -0.2) is 24.2 Å². The molecule has 0 bridgehead atoms. The molecule has 6 heteroatoms. The smallest absolute Gasteiger partial charge is 0.162 e. The third-order valence-electron chi connectivity index (χ3n) is 2.85. The fraction of sp³-hybridized carbons (Fsp3) is 0.286. The van der Waals surface area contributed by atoms with E-state index in [0.29, 0.717) is 23.7 Å². The predicted octanol–water partition coefficient (Wildman–Crippen LogP) is 2.00. The summed E-state index contributed by atoms with van der Waals surface area (Å²) in [5, 5.41) is 3.23. The third kappa shape index (κ3) is 3.09. The summed E-state index contributed by atoms with van der Waals surface area (Å²) in [5.41, 5.74) is 8.25. The van der Waals surface area contributed by atoms with Crippen LogP contribution in [0.2, 0.25) is 0 Å². The standard InChI is InChI=1S/C14H18N4O2/c1-9-16-5-4-10(18-9)8-17-12-7-14(20-3)13(19-2)6-11(12)15/h4-7,17H,8,15H2,1-3H3. The van der Waals surface area contributed by atoms with Crippen LogP contribution in [0.3, 0.4) is 0 Å². The molecule has 0 spiro atoms. The molecule has 1 heterocycles. The lowest BCUT2D eigenvalue weighted by Gasteiger charge is -2.14. The summed E-state index contributed by atoms with van der Waals surface area (Å²) in [4.78, 5) is 8.39. The molecule has 1 aromatic carbocycles. The highest BCUT2D eigenvalue weighted by Crippen LogP contribution is 2.34. The number of nitrogens with two attached hydrogens (primary N) is 1. The fourth-order valence-electron chi connectivity index (χ4n) is 1.84. The third-order valence-corrected chi connectivity index (χ3v) is 2.85. The van der Waals surface area contributed by atoms with Crippen molar-refractivity contribution in [3.8, 4) is 11.5 Å². The highest BCUT2D eigenvalue weighted by molar-refractivity contribution is 5.72. The van der Waals surface area contributed by atoms with Crippen molar-refractivity contribution in [3.05, 3.63) is 35.9 Å². The number of anilines is 2. The van der Waals surface area contributed by atoms with Crippen molar-refractivity contribution in [1.29, 1.82) is 0 Å². The molecule has 2 aromatic rings. The van der Waals surface area contributed by atoms with E-state index in [1.54, 1.807) is 26.5 Å². The number of aryl methyl sites for hydroxylation is 1. The molecule has 0 unspecified atom stereocenters. The van der Waals surface area contributed by atoms with Gasteiger partial charge >= 0.3 is 0 Å². The number of ether oxygens (including phenoxy) is 2. The first-order chi connectivity index (χ1) is 9.63. The predicted molar refractivity (Wildman–Crippen MR) is 78.1 cm³/mol. The van der Waals surface area contributed by atoms with Crippen LogP contribution in [0, 0.1) is 6.92 Å². The number of nitrogens with one attached hydrogen (secondary N) is 1. The monoisotopic (exact) mass is 274 g/mol. The van der Waals surface area contributed by atoms with E-state index in [9.17, 15) is 0 Å². The summed E-state index contributed by atoms with van der Waals surface area (Å²) in [6.07, 6.45) is 1.73.